The molecule has 0 bridgehead atoms. The van der Waals surface area contributed by atoms with Crippen molar-refractivity contribution in [1.82, 2.24) is 5.32 Å². The second kappa shape index (κ2) is 7.11. The van der Waals surface area contributed by atoms with Crippen LogP contribution in [0.5, 0.6) is 0 Å². The maximum absolute atomic E-state index is 12.4. The van der Waals surface area contributed by atoms with Gasteiger partial charge in [0.25, 0.3) is 0 Å². The molecule has 2 heterocycles. The molecular formula is C25H29N3O. The van der Waals surface area contributed by atoms with Gasteiger partial charge in [0, 0.05) is 43.9 Å². The number of fused-ring (bicyclic) bond motifs is 3. The van der Waals surface area contributed by atoms with Gasteiger partial charge < -0.3 is 15.1 Å². The maximum atomic E-state index is 12.4. The third kappa shape index (κ3) is 3.13. The maximum Gasteiger partial charge on any atom is 0.223 e. The van der Waals surface area contributed by atoms with Gasteiger partial charge in [-0.1, -0.05) is 62.4 Å². The smallest absolute Gasteiger partial charge is 0.223 e. The Morgan fingerprint density at radius 2 is 1.76 bits per heavy atom. The average Bonchev–Trinajstić information content (AvgIpc) is 2.90. The van der Waals surface area contributed by atoms with Crippen LogP contribution in [-0.2, 0) is 10.2 Å². The minimum absolute atomic E-state index is 0.107. The molecule has 4 heteroatoms. The predicted molar refractivity (Wildman–Crippen MR) is 121 cm³/mol. The van der Waals surface area contributed by atoms with E-state index in [1.54, 1.807) is 0 Å². The van der Waals surface area contributed by atoms with Crippen molar-refractivity contribution in [3.8, 4) is 0 Å². The Morgan fingerprint density at radius 1 is 1.03 bits per heavy atom. The minimum atomic E-state index is -0.550. The van der Waals surface area contributed by atoms with Crippen molar-refractivity contribution in [2.45, 2.75) is 31.3 Å². The van der Waals surface area contributed by atoms with E-state index in [4.69, 9.17) is 0 Å². The first-order valence-electron chi connectivity index (χ1n) is 10.2. The monoisotopic (exact) mass is 387 g/mol. The number of hydrogen-bond donors (Lipinski definition) is 1. The molecule has 4 nitrogen and oxygen atoms in total. The lowest BCUT2D eigenvalue weighted by Gasteiger charge is -2.49. The molecule has 0 unspecified atom stereocenters. The molecule has 2 aliphatic rings. The second-order valence-electron chi connectivity index (χ2n) is 8.56. The quantitative estimate of drug-likeness (QED) is 0.793. The van der Waals surface area contributed by atoms with Gasteiger partial charge in [0.15, 0.2) is 0 Å². The van der Waals surface area contributed by atoms with Crippen molar-refractivity contribution in [2.75, 3.05) is 30.4 Å². The molecule has 2 aliphatic heterocycles. The van der Waals surface area contributed by atoms with Gasteiger partial charge in [0.2, 0.25) is 5.91 Å². The molecule has 1 fully saturated rings. The zero-order valence-electron chi connectivity index (χ0n) is 17.6. The van der Waals surface area contributed by atoms with Crippen molar-refractivity contribution < 1.29 is 4.79 Å². The van der Waals surface area contributed by atoms with E-state index in [2.05, 4.69) is 102 Å². The number of nitrogens with zero attached hydrogens (tertiary/aromatic N) is 2. The van der Waals surface area contributed by atoms with Gasteiger partial charge in [0.05, 0.1) is 0 Å². The van der Waals surface area contributed by atoms with Crippen molar-refractivity contribution in [1.29, 1.82) is 0 Å². The highest BCUT2D eigenvalue weighted by atomic mass is 16.2. The number of carbonyl (C=O) groups excluding carboxylic acids is 1. The molecule has 1 saturated heterocycles. The Morgan fingerprint density at radius 3 is 2.48 bits per heavy atom. The average molecular weight is 388 g/mol. The molecule has 0 radical (unpaired) electrons. The molecule has 2 aromatic rings. The third-order valence-corrected chi connectivity index (χ3v) is 6.29. The molecule has 150 valence electrons. The van der Waals surface area contributed by atoms with Crippen molar-refractivity contribution >= 4 is 23.4 Å². The summed E-state index contributed by atoms with van der Waals surface area (Å²) in [6.07, 6.45) is 8.88. The summed E-state index contributed by atoms with van der Waals surface area (Å²) in [6, 6.07) is 16.9. The second-order valence-corrected chi connectivity index (χ2v) is 8.56. The van der Waals surface area contributed by atoms with Gasteiger partial charge >= 0.3 is 0 Å². The molecule has 1 atom stereocenters. The van der Waals surface area contributed by atoms with Crippen molar-refractivity contribution in [2.24, 2.45) is 0 Å². The number of amides is 1. The van der Waals surface area contributed by atoms with Crippen LogP contribution < -0.4 is 15.1 Å². The molecule has 0 saturated carbocycles. The van der Waals surface area contributed by atoms with Crippen LogP contribution in [0.4, 0.5) is 11.4 Å². The first-order valence-corrected chi connectivity index (χ1v) is 10.2. The van der Waals surface area contributed by atoms with Crippen molar-refractivity contribution in [3.05, 3.63) is 77.9 Å². The van der Waals surface area contributed by atoms with Crippen LogP contribution in [0, 0.1) is 0 Å². The third-order valence-electron chi connectivity index (χ3n) is 6.29. The summed E-state index contributed by atoms with van der Waals surface area (Å²) >= 11 is 0. The molecular weight excluding hydrogens is 358 g/mol. The summed E-state index contributed by atoms with van der Waals surface area (Å²) < 4.78 is 0. The van der Waals surface area contributed by atoms with Gasteiger partial charge in [-0.25, -0.2) is 0 Å². The van der Waals surface area contributed by atoms with E-state index in [0.717, 1.165) is 12.1 Å². The highest BCUT2D eigenvalue weighted by molar-refractivity contribution is 5.84. The Balaban J connectivity index is 1.63. The first-order chi connectivity index (χ1) is 13.8. The van der Waals surface area contributed by atoms with Crippen LogP contribution in [-0.4, -0.2) is 32.2 Å². The topological polar surface area (TPSA) is 35.6 Å². The number of anilines is 2. The number of hydrogen-bond acceptors (Lipinski definition) is 3. The highest BCUT2D eigenvalue weighted by Crippen LogP contribution is 2.52. The predicted octanol–water partition coefficient (Wildman–Crippen LogP) is 4.34. The Labute approximate surface area is 173 Å². The molecule has 29 heavy (non-hydrogen) atoms. The number of carbonyl (C=O) groups is 1. The molecule has 0 spiro atoms. The minimum Gasteiger partial charge on any atom is -0.378 e. The summed E-state index contributed by atoms with van der Waals surface area (Å²) in [7, 11) is 4.08. The van der Waals surface area contributed by atoms with Gasteiger partial charge in [0.1, 0.15) is 5.66 Å². The summed E-state index contributed by atoms with van der Waals surface area (Å²) in [5, 5.41) is 3.31. The Kier molecular flexibility index (Phi) is 4.73. The number of para-hydroxylation sites is 1. The van der Waals surface area contributed by atoms with E-state index in [9.17, 15) is 4.79 Å². The normalized spacial score (nSPS) is 22.6. The number of allylic oxidation sites excluding steroid dienone is 2. The SMILES string of the molecule is CN(C)c1ccc(/C=C/C=C/[C@@]23NC(=O)CCN2c2ccccc2C3(C)C)cc1. The lowest BCUT2D eigenvalue weighted by Crippen LogP contribution is -2.68. The van der Waals surface area contributed by atoms with Gasteiger partial charge in [-0.05, 0) is 35.4 Å². The van der Waals surface area contributed by atoms with Crippen LogP contribution >= 0.6 is 0 Å². The Bertz CT molecular complexity index is 972. The summed E-state index contributed by atoms with van der Waals surface area (Å²) in [5.41, 5.74) is 4.03. The van der Waals surface area contributed by atoms with Gasteiger partial charge in [-0.2, -0.15) is 0 Å². The summed E-state index contributed by atoms with van der Waals surface area (Å²) in [5.74, 6) is 0.107. The largest absolute Gasteiger partial charge is 0.378 e. The zero-order valence-corrected chi connectivity index (χ0v) is 17.6. The number of rotatable bonds is 4. The standard InChI is InChI=1S/C25H29N3O/c1-24(2)21-10-5-6-11-22(21)28-18-16-23(29)26-25(24,28)17-8-7-9-19-12-14-20(15-13-19)27(3)4/h5-15,17H,16,18H2,1-4H3,(H,26,29)/b9-7+,17-8+/t25-/m1/s1. The molecule has 2 aromatic carbocycles. The molecule has 0 aromatic heterocycles. The molecule has 0 aliphatic carbocycles. The molecule has 1 N–H and O–H groups in total. The zero-order chi connectivity index (χ0) is 20.6. The van der Waals surface area contributed by atoms with Gasteiger partial charge in [-0.3, -0.25) is 4.79 Å². The van der Waals surface area contributed by atoms with E-state index in [1.165, 1.54) is 16.9 Å². The highest BCUT2D eigenvalue weighted by Gasteiger charge is 2.57. The number of nitrogens with one attached hydrogen (secondary N) is 1. The molecule has 1 amide bonds. The fourth-order valence-electron chi connectivity index (χ4n) is 4.56. The summed E-state index contributed by atoms with van der Waals surface area (Å²) in [6.45, 7) is 5.16. The van der Waals surface area contributed by atoms with E-state index >= 15 is 0 Å². The van der Waals surface area contributed by atoms with Crippen LogP contribution in [0.15, 0.2) is 66.8 Å². The summed E-state index contributed by atoms with van der Waals surface area (Å²) in [4.78, 5) is 16.8. The first kappa shape index (κ1) is 19.3. The lowest BCUT2D eigenvalue weighted by molar-refractivity contribution is -0.124. The molecule has 4 rings (SSSR count). The van der Waals surface area contributed by atoms with E-state index in [1.807, 2.05) is 14.1 Å². The van der Waals surface area contributed by atoms with Crippen molar-refractivity contribution in [3.63, 3.8) is 0 Å². The number of benzene rings is 2. The Hall–Kier alpha value is -3.01. The van der Waals surface area contributed by atoms with Crippen LogP contribution in [0.1, 0.15) is 31.4 Å². The van der Waals surface area contributed by atoms with E-state index < -0.39 is 5.66 Å². The lowest BCUT2D eigenvalue weighted by atomic mass is 9.74. The van der Waals surface area contributed by atoms with E-state index in [0.29, 0.717) is 6.42 Å². The van der Waals surface area contributed by atoms with Crippen LogP contribution in [0.2, 0.25) is 0 Å². The van der Waals surface area contributed by atoms with E-state index in [-0.39, 0.29) is 11.3 Å². The fraction of sp³-hybridized carbons (Fsp3) is 0.320. The fourth-order valence-corrected chi connectivity index (χ4v) is 4.56. The van der Waals surface area contributed by atoms with Crippen LogP contribution in [0.25, 0.3) is 6.08 Å². The van der Waals surface area contributed by atoms with Gasteiger partial charge in [-0.15, -0.1) is 0 Å². The van der Waals surface area contributed by atoms with Crippen LogP contribution in [0.3, 0.4) is 0 Å².